The van der Waals surface area contributed by atoms with Gasteiger partial charge in [-0.25, -0.2) is 4.79 Å². The number of likely N-dealkylation sites (tertiary alicyclic amines) is 1. The third-order valence-corrected chi connectivity index (χ3v) is 2.41. The number of esters is 1. The van der Waals surface area contributed by atoms with Gasteiger partial charge in [0.2, 0.25) is 0 Å². The molecular weight excluding hydrogens is 184 g/mol. The molecule has 0 bridgehead atoms. The van der Waals surface area contributed by atoms with Crippen molar-refractivity contribution in [2.45, 2.75) is 6.42 Å². The fraction of sp³-hybridized carbons (Fsp3) is 0.778. The Morgan fingerprint density at radius 2 is 2.29 bits per heavy atom. The van der Waals surface area contributed by atoms with Crippen molar-refractivity contribution in [1.82, 2.24) is 10.2 Å². The van der Waals surface area contributed by atoms with E-state index >= 15 is 0 Å². The number of carbonyl (C=O) groups excluding carboxylic acids is 2. The fourth-order valence-electron chi connectivity index (χ4n) is 1.59. The van der Waals surface area contributed by atoms with Crippen molar-refractivity contribution in [1.29, 1.82) is 0 Å². The number of hydrogen-bond donors (Lipinski definition) is 1. The Balaban J connectivity index is 2.20. The molecule has 0 aromatic heterocycles. The highest BCUT2D eigenvalue weighted by Gasteiger charge is 2.21. The maximum atomic E-state index is 11.0. The lowest BCUT2D eigenvalue weighted by molar-refractivity contribution is -0.152. The largest absolute Gasteiger partial charge is 0.462 e. The molecule has 0 saturated carbocycles. The van der Waals surface area contributed by atoms with E-state index in [1.54, 1.807) is 0 Å². The number of hydrogen-bond acceptors (Lipinski definition) is 4. The molecule has 0 aliphatic carbocycles. The van der Waals surface area contributed by atoms with Gasteiger partial charge in [0.1, 0.15) is 0 Å². The van der Waals surface area contributed by atoms with E-state index in [2.05, 4.69) is 15.0 Å². The van der Waals surface area contributed by atoms with Gasteiger partial charge in [-0.15, -0.1) is 0 Å². The van der Waals surface area contributed by atoms with Gasteiger partial charge in [-0.2, -0.15) is 0 Å². The van der Waals surface area contributed by atoms with E-state index < -0.39 is 11.9 Å². The second kappa shape index (κ2) is 4.95. The first-order chi connectivity index (χ1) is 6.63. The van der Waals surface area contributed by atoms with Crippen LogP contribution in [-0.4, -0.2) is 50.6 Å². The monoisotopic (exact) mass is 200 g/mol. The second-order valence-corrected chi connectivity index (χ2v) is 3.62. The summed E-state index contributed by atoms with van der Waals surface area (Å²) in [4.78, 5) is 24.0. The lowest BCUT2D eigenvalue weighted by Crippen LogP contribution is -2.36. The van der Waals surface area contributed by atoms with Gasteiger partial charge in [0.25, 0.3) is 0 Å². The predicted molar refractivity (Wildman–Crippen MR) is 50.6 cm³/mol. The Hall–Kier alpha value is -1.10. The molecule has 80 valence electrons. The van der Waals surface area contributed by atoms with Crippen molar-refractivity contribution in [2.75, 3.05) is 33.8 Å². The number of nitrogens with one attached hydrogen (secondary N) is 1. The summed E-state index contributed by atoms with van der Waals surface area (Å²) < 4.78 is 4.29. The number of ether oxygens (including phenoxy) is 1. The Morgan fingerprint density at radius 3 is 2.79 bits per heavy atom. The summed E-state index contributed by atoms with van der Waals surface area (Å²) in [6.07, 6.45) is 1.07. The summed E-state index contributed by atoms with van der Waals surface area (Å²) in [6, 6.07) is 0. The molecule has 1 rings (SSSR count). The van der Waals surface area contributed by atoms with Crippen LogP contribution in [0.2, 0.25) is 0 Å². The lowest BCUT2D eigenvalue weighted by Gasteiger charge is -2.10. The van der Waals surface area contributed by atoms with E-state index in [0.29, 0.717) is 12.5 Å². The van der Waals surface area contributed by atoms with Crippen LogP contribution in [-0.2, 0) is 14.3 Å². The van der Waals surface area contributed by atoms with Crippen LogP contribution in [0.25, 0.3) is 0 Å². The van der Waals surface area contributed by atoms with Crippen molar-refractivity contribution in [3.8, 4) is 0 Å². The summed E-state index contributed by atoms with van der Waals surface area (Å²) in [5.41, 5.74) is 0. The molecule has 0 spiro atoms. The van der Waals surface area contributed by atoms with E-state index in [9.17, 15) is 9.59 Å². The lowest BCUT2D eigenvalue weighted by atomic mass is 10.1. The molecule has 5 heteroatoms. The van der Waals surface area contributed by atoms with Gasteiger partial charge in [0.05, 0.1) is 7.11 Å². The number of nitrogens with zero attached hydrogens (tertiary/aromatic N) is 1. The summed E-state index contributed by atoms with van der Waals surface area (Å²) in [5, 5.41) is 2.56. The average molecular weight is 200 g/mol. The van der Waals surface area contributed by atoms with E-state index in [1.165, 1.54) is 7.11 Å². The molecule has 1 atom stereocenters. The molecule has 0 radical (unpaired) electrons. The zero-order chi connectivity index (χ0) is 10.6. The molecular formula is C9H16N2O3. The highest BCUT2D eigenvalue weighted by Crippen LogP contribution is 2.12. The molecule has 1 unspecified atom stereocenters. The molecule has 14 heavy (non-hydrogen) atoms. The molecule has 0 aromatic rings. The SMILES string of the molecule is COC(=O)C(=O)NCC1CCN(C)C1. The summed E-state index contributed by atoms with van der Waals surface area (Å²) in [6.45, 7) is 2.58. The van der Waals surface area contributed by atoms with Crippen LogP contribution in [0.3, 0.4) is 0 Å². The van der Waals surface area contributed by atoms with Crippen molar-refractivity contribution in [3.63, 3.8) is 0 Å². The number of rotatable bonds is 2. The Kier molecular flexibility index (Phi) is 3.88. The van der Waals surface area contributed by atoms with Crippen LogP contribution in [0, 0.1) is 5.92 Å². The summed E-state index contributed by atoms with van der Waals surface area (Å²) >= 11 is 0. The third kappa shape index (κ3) is 2.99. The Bertz CT molecular complexity index is 230. The fourth-order valence-corrected chi connectivity index (χ4v) is 1.59. The van der Waals surface area contributed by atoms with E-state index in [4.69, 9.17) is 0 Å². The minimum Gasteiger partial charge on any atom is -0.462 e. The maximum Gasteiger partial charge on any atom is 0.396 e. The van der Waals surface area contributed by atoms with Crippen LogP contribution in [0.15, 0.2) is 0 Å². The van der Waals surface area contributed by atoms with Crippen LogP contribution >= 0.6 is 0 Å². The molecule has 1 saturated heterocycles. The zero-order valence-electron chi connectivity index (χ0n) is 8.58. The Labute approximate surface area is 83.4 Å². The van der Waals surface area contributed by atoms with E-state index in [1.807, 2.05) is 7.05 Å². The molecule has 5 nitrogen and oxygen atoms in total. The smallest absolute Gasteiger partial charge is 0.396 e. The highest BCUT2D eigenvalue weighted by atomic mass is 16.5. The first kappa shape index (κ1) is 11.0. The van der Waals surface area contributed by atoms with E-state index in [-0.39, 0.29) is 0 Å². The third-order valence-electron chi connectivity index (χ3n) is 2.41. The molecule has 1 fully saturated rings. The molecule has 1 aliphatic heterocycles. The minimum atomic E-state index is -0.823. The van der Waals surface area contributed by atoms with E-state index in [0.717, 1.165) is 19.5 Å². The van der Waals surface area contributed by atoms with Crippen LogP contribution in [0.4, 0.5) is 0 Å². The molecule has 1 amide bonds. The van der Waals surface area contributed by atoms with Crippen molar-refractivity contribution < 1.29 is 14.3 Å². The first-order valence-corrected chi connectivity index (χ1v) is 4.68. The molecule has 0 aromatic carbocycles. The van der Waals surface area contributed by atoms with Crippen molar-refractivity contribution in [3.05, 3.63) is 0 Å². The van der Waals surface area contributed by atoms with Crippen molar-refractivity contribution in [2.24, 2.45) is 5.92 Å². The normalized spacial score (nSPS) is 22.0. The van der Waals surface area contributed by atoms with Crippen LogP contribution in [0.5, 0.6) is 0 Å². The standard InChI is InChI=1S/C9H16N2O3/c1-11-4-3-7(6-11)5-10-8(12)9(13)14-2/h7H,3-6H2,1-2H3,(H,10,12). The van der Waals surface area contributed by atoms with Gasteiger partial charge in [-0.1, -0.05) is 0 Å². The van der Waals surface area contributed by atoms with Crippen molar-refractivity contribution >= 4 is 11.9 Å². The predicted octanol–water partition coefficient (Wildman–Crippen LogP) is -0.773. The van der Waals surface area contributed by atoms with Crippen LogP contribution in [0.1, 0.15) is 6.42 Å². The Morgan fingerprint density at radius 1 is 1.57 bits per heavy atom. The number of methoxy groups -OCH3 is 1. The molecule has 1 heterocycles. The highest BCUT2D eigenvalue weighted by molar-refractivity contribution is 6.32. The zero-order valence-corrected chi connectivity index (χ0v) is 8.58. The molecule has 1 N–H and O–H groups in total. The summed E-state index contributed by atoms with van der Waals surface area (Å²) in [7, 11) is 3.24. The summed E-state index contributed by atoms with van der Waals surface area (Å²) in [5.74, 6) is -1.02. The topological polar surface area (TPSA) is 58.6 Å². The van der Waals surface area contributed by atoms with Gasteiger partial charge < -0.3 is 15.0 Å². The maximum absolute atomic E-state index is 11.0. The quantitative estimate of drug-likeness (QED) is 0.469. The number of carbonyl (C=O) groups is 2. The minimum absolute atomic E-state index is 0.452. The van der Waals surface area contributed by atoms with Gasteiger partial charge in [0.15, 0.2) is 0 Å². The van der Waals surface area contributed by atoms with Gasteiger partial charge in [-0.05, 0) is 25.9 Å². The first-order valence-electron chi connectivity index (χ1n) is 4.68. The second-order valence-electron chi connectivity index (χ2n) is 3.62. The van der Waals surface area contributed by atoms with Gasteiger partial charge in [-0.3, -0.25) is 4.79 Å². The molecule has 1 aliphatic rings. The number of amides is 1. The van der Waals surface area contributed by atoms with Crippen LogP contribution < -0.4 is 5.32 Å². The van der Waals surface area contributed by atoms with Gasteiger partial charge >= 0.3 is 11.9 Å². The van der Waals surface area contributed by atoms with Gasteiger partial charge in [0, 0.05) is 13.1 Å². The average Bonchev–Trinajstić information content (AvgIpc) is 2.59.